The maximum Gasteiger partial charge on any atom is 0.339 e. The normalized spacial score (nSPS) is 14.8. The Morgan fingerprint density at radius 3 is 1.85 bits per heavy atom. The predicted molar refractivity (Wildman–Crippen MR) is 223 cm³/mol. The number of rotatable bonds is 28. The van der Waals surface area contributed by atoms with Crippen LogP contribution in [0.5, 0.6) is 5.75 Å². The Labute approximate surface area is 361 Å². The smallest absolute Gasteiger partial charge is 0.339 e. The summed E-state index contributed by atoms with van der Waals surface area (Å²) < 4.78 is 53.0. The van der Waals surface area contributed by atoms with Crippen molar-refractivity contribution >= 4 is 40.3 Å². The molecule has 2 aromatic carbocycles. The van der Waals surface area contributed by atoms with Gasteiger partial charge in [-0.05, 0) is 58.9 Å². The number of hydrogen-bond acceptors (Lipinski definition) is 17. The molecule has 1 aliphatic rings. The average molecular weight is 892 g/mol. The number of benzene rings is 2. The van der Waals surface area contributed by atoms with Crippen molar-refractivity contribution < 1.29 is 77.4 Å². The van der Waals surface area contributed by atoms with E-state index in [9.17, 15) is 19.8 Å². The van der Waals surface area contributed by atoms with Gasteiger partial charge in [-0.1, -0.05) is 45.9 Å². The molecule has 0 fully saturated rings. The van der Waals surface area contributed by atoms with Gasteiger partial charge in [-0.15, -0.1) is 22.7 Å². The maximum absolute atomic E-state index is 13.1. The monoisotopic (exact) mass is 891 g/mol. The molecule has 1 atom stereocenters. The summed E-state index contributed by atoms with van der Waals surface area (Å²) in [5.74, 6) is -2.13. The summed E-state index contributed by atoms with van der Waals surface area (Å²) in [4.78, 5) is 32.6. The average Bonchev–Trinajstić information content (AvgIpc) is 3.90. The van der Waals surface area contributed by atoms with Crippen LogP contribution in [0.4, 0.5) is 5.69 Å². The number of anilines is 1. The highest BCUT2D eigenvalue weighted by Gasteiger charge is 2.50. The molecule has 0 amide bonds. The first kappa shape index (κ1) is 48.0. The van der Waals surface area contributed by atoms with Crippen LogP contribution in [-0.2, 0) is 54.8 Å². The Kier molecular flexibility index (Phi) is 18.4. The molecule has 1 unspecified atom stereocenters. The van der Waals surface area contributed by atoms with Crippen LogP contribution >= 0.6 is 22.7 Å². The molecule has 0 bridgehead atoms. The van der Waals surface area contributed by atoms with Crippen molar-refractivity contribution in [2.45, 2.75) is 51.7 Å². The van der Waals surface area contributed by atoms with Gasteiger partial charge >= 0.3 is 11.9 Å². The molecule has 0 saturated heterocycles. The molecule has 5 rings (SSSR count). The second kappa shape index (κ2) is 23.4. The molecule has 19 heteroatoms. The molecule has 0 spiro atoms. The number of hydrogen-bond donors (Lipinski definition) is 4. The van der Waals surface area contributed by atoms with Crippen molar-refractivity contribution in [2.24, 2.45) is 0 Å². The number of methoxy groups -OCH3 is 1. The zero-order valence-corrected chi connectivity index (χ0v) is 36.3. The van der Waals surface area contributed by atoms with Crippen LogP contribution in [-0.4, -0.2) is 114 Å². The van der Waals surface area contributed by atoms with E-state index in [2.05, 4.69) is 44.7 Å². The van der Waals surface area contributed by atoms with Crippen LogP contribution in [0.1, 0.15) is 92.3 Å². The van der Waals surface area contributed by atoms with Crippen LogP contribution in [0, 0.1) is 0 Å². The molecule has 2 aromatic heterocycles. The number of carbonyl (C=O) groups is 2. The third-order valence-corrected chi connectivity index (χ3v) is 12.6. The lowest BCUT2D eigenvalue weighted by atomic mass is 9.72. The number of fused-ring (bicyclic) bond motifs is 3. The van der Waals surface area contributed by atoms with E-state index in [0.717, 1.165) is 30.8 Å². The molecule has 4 N–H and O–H groups in total. The van der Waals surface area contributed by atoms with E-state index in [4.69, 9.17) is 57.6 Å². The molecule has 61 heavy (non-hydrogen) atoms. The highest BCUT2D eigenvalue weighted by molar-refractivity contribution is 7.23. The Morgan fingerprint density at radius 2 is 1.21 bits per heavy atom. The highest BCUT2D eigenvalue weighted by Crippen LogP contribution is 2.60. The van der Waals surface area contributed by atoms with E-state index < -0.39 is 31.1 Å². The molecular weight excluding hydrogens is 839 g/mol. The Morgan fingerprint density at radius 1 is 0.656 bits per heavy atom. The number of carboxylic acid groups (broad SMARTS) is 2. The van der Waals surface area contributed by atoms with Gasteiger partial charge in [-0.2, -0.15) is 0 Å². The zero-order chi connectivity index (χ0) is 43.9. The minimum absolute atomic E-state index is 0.00428. The first-order valence-electron chi connectivity index (χ1n) is 19.2. The number of thiophene rings is 2. The maximum atomic E-state index is 13.1. The van der Waals surface area contributed by atoms with E-state index in [-0.39, 0.29) is 96.0 Å². The summed E-state index contributed by atoms with van der Waals surface area (Å²) in [6.45, 7) is 6.44. The summed E-state index contributed by atoms with van der Waals surface area (Å²) in [5.41, 5.74) is 1.57. The van der Waals surface area contributed by atoms with Crippen molar-refractivity contribution in [1.82, 2.24) is 0 Å². The summed E-state index contributed by atoms with van der Waals surface area (Å²) in [5, 5.41) is 39.3. The quantitative estimate of drug-likeness (QED) is 0.0355. The van der Waals surface area contributed by atoms with Gasteiger partial charge in [0.25, 0.3) is 0 Å². The lowest BCUT2D eigenvalue weighted by molar-refractivity contribution is -0.160. The third-order valence-electron chi connectivity index (χ3n) is 9.53. The summed E-state index contributed by atoms with van der Waals surface area (Å²) in [6, 6.07) is 14.3. The minimum atomic E-state index is -1.35. The first-order chi connectivity index (χ1) is 29.5. The van der Waals surface area contributed by atoms with Gasteiger partial charge in [-0.25, -0.2) is 9.59 Å². The lowest BCUT2D eigenvalue weighted by Crippen LogP contribution is -2.51. The van der Waals surface area contributed by atoms with E-state index in [1.807, 2.05) is 6.07 Å². The van der Waals surface area contributed by atoms with Gasteiger partial charge < -0.3 is 72.7 Å². The van der Waals surface area contributed by atoms with Gasteiger partial charge in [-0.3, -0.25) is 0 Å². The van der Waals surface area contributed by atoms with Gasteiger partial charge in [0.1, 0.15) is 50.8 Å². The highest BCUT2D eigenvalue weighted by atomic mass is 32.1. The standard InChI is InChI=1S/C42H53NO16S2/c1-26(2)36-14-33-38(60-36)39-34(15-37(61-39)27(3)4)43(10-11-51-20-56-22-53-17-44)42(33,29-7-6-28(31(12-29)40(46)47)16-52-21-57-23-54-18-45)30-8-9-35(32(13-30)41(48)49)59-25-58-24-55-19-50-5/h6-9,12-15,26-27,44-45H,10-11,16-25H2,1-5H3,(H,46,47)(H,48,49). The van der Waals surface area contributed by atoms with Crippen molar-refractivity contribution in [3.63, 3.8) is 0 Å². The molecule has 4 aromatic rings. The van der Waals surface area contributed by atoms with E-state index in [1.54, 1.807) is 53.0 Å². The van der Waals surface area contributed by atoms with Crippen LogP contribution in [0.3, 0.4) is 0 Å². The van der Waals surface area contributed by atoms with Crippen molar-refractivity contribution in [1.29, 1.82) is 0 Å². The second-order valence-corrected chi connectivity index (χ2v) is 16.3. The molecule has 3 heterocycles. The minimum Gasteiger partial charge on any atom is -0.478 e. The van der Waals surface area contributed by atoms with Crippen molar-refractivity contribution in [3.05, 3.63) is 91.7 Å². The predicted octanol–water partition coefficient (Wildman–Crippen LogP) is 6.49. The van der Waals surface area contributed by atoms with Crippen molar-refractivity contribution in [3.8, 4) is 15.5 Å². The largest absolute Gasteiger partial charge is 0.478 e. The van der Waals surface area contributed by atoms with Gasteiger partial charge in [0.2, 0.25) is 0 Å². The van der Waals surface area contributed by atoms with Crippen LogP contribution in [0.25, 0.3) is 9.75 Å². The zero-order valence-electron chi connectivity index (χ0n) is 34.7. The molecule has 0 saturated carbocycles. The van der Waals surface area contributed by atoms with Gasteiger partial charge in [0.05, 0.1) is 34.2 Å². The first-order valence-corrected chi connectivity index (χ1v) is 20.9. The van der Waals surface area contributed by atoms with E-state index >= 15 is 0 Å². The number of nitrogens with zero attached hydrogens (tertiary/aromatic N) is 1. The van der Waals surface area contributed by atoms with Crippen molar-refractivity contribution in [2.75, 3.05) is 86.3 Å². The lowest BCUT2D eigenvalue weighted by Gasteiger charge is -2.49. The summed E-state index contributed by atoms with van der Waals surface area (Å²) in [7, 11) is 1.47. The fourth-order valence-electron chi connectivity index (χ4n) is 6.82. The molecule has 0 aliphatic carbocycles. The van der Waals surface area contributed by atoms with E-state index in [1.165, 1.54) is 7.11 Å². The molecular formula is C42H53NO16S2. The fourth-order valence-corrected chi connectivity index (χ4v) is 9.35. The SMILES string of the molecule is COCOCOCOc1ccc(C2(c3ccc(COCOCOCO)c(C(=O)O)c3)c3cc(C(C)C)sc3-c3sc(C(C)C)cc3N2CCOCOCOCO)cc1C(=O)O. The third kappa shape index (κ3) is 11.5. The fraction of sp³-hybridized carbons (Fsp3) is 0.476. The van der Waals surface area contributed by atoms with Crippen LogP contribution < -0.4 is 9.64 Å². The molecule has 0 radical (unpaired) electrons. The van der Waals surface area contributed by atoms with E-state index in [0.29, 0.717) is 16.7 Å². The van der Waals surface area contributed by atoms with Gasteiger partial charge in [0, 0.05) is 29.0 Å². The topological polar surface area (TPSA) is 211 Å². The molecule has 334 valence electrons. The number of aromatic carboxylic acids is 2. The summed E-state index contributed by atoms with van der Waals surface area (Å²) >= 11 is 3.34. The Bertz CT molecular complexity index is 1950. The van der Waals surface area contributed by atoms with Gasteiger partial charge in [0.15, 0.2) is 27.2 Å². The number of aliphatic hydroxyl groups is 2. The van der Waals surface area contributed by atoms with Crippen LogP contribution in [0.15, 0.2) is 48.5 Å². The number of carboxylic acids is 2. The Balaban J connectivity index is 1.75. The number of ether oxygens (including phenoxy) is 10. The molecule has 17 nitrogen and oxygen atoms in total. The Hall–Kier alpha value is -4.06. The molecule has 1 aliphatic heterocycles. The number of aliphatic hydroxyl groups excluding tert-OH is 2. The van der Waals surface area contributed by atoms with Crippen LogP contribution in [0.2, 0.25) is 0 Å². The second-order valence-electron chi connectivity index (χ2n) is 14.1. The summed E-state index contributed by atoms with van der Waals surface area (Å²) in [6.07, 6.45) is 0.